The molecule has 0 radical (unpaired) electrons. The van der Waals surface area contributed by atoms with Crippen LogP contribution in [0.2, 0.25) is 0 Å². The second-order valence-corrected chi connectivity index (χ2v) is 4.17. The topological polar surface area (TPSA) is 96.9 Å². The summed E-state index contributed by atoms with van der Waals surface area (Å²) in [5.41, 5.74) is 6.92. The van der Waals surface area contributed by atoms with E-state index in [1.165, 1.54) is 0 Å². The van der Waals surface area contributed by atoms with E-state index in [1.54, 1.807) is 12.5 Å². The van der Waals surface area contributed by atoms with Gasteiger partial charge in [-0.1, -0.05) is 5.16 Å². The van der Waals surface area contributed by atoms with Crippen molar-refractivity contribution in [1.82, 2.24) is 25.0 Å². The standard InChI is InChI=1S/C10H16N6O/c1-16(2)5-9-14-10(17-15-9)8(11)3-7-4-12-6-13-7/h4,6,8H,3,5,11H2,1-2H3,(H,12,13)/t8-/m0/s1. The van der Waals surface area contributed by atoms with Gasteiger partial charge in [0, 0.05) is 18.3 Å². The summed E-state index contributed by atoms with van der Waals surface area (Å²) in [6, 6.07) is -0.307. The number of nitrogens with one attached hydrogen (secondary N) is 1. The van der Waals surface area contributed by atoms with Crippen molar-refractivity contribution >= 4 is 0 Å². The average Bonchev–Trinajstić information content (AvgIpc) is 2.87. The van der Waals surface area contributed by atoms with Crippen LogP contribution in [0.3, 0.4) is 0 Å². The van der Waals surface area contributed by atoms with Crippen LogP contribution >= 0.6 is 0 Å². The Hall–Kier alpha value is -1.73. The molecule has 2 aromatic rings. The van der Waals surface area contributed by atoms with Gasteiger partial charge in [0.2, 0.25) is 5.89 Å². The summed E-state index contributed by atoms with van der Waals surface area (Å²) >= 11 is 0. The van der Waals surface area contributed by atoms with Crippen molar-refractivity contribution in [2.75, 3.05) is 14.1 Å². The average molecular weight is 236 g/mol. The zero-order valence-corrected chi connectivity index (χ0v) is 9.92. The highest BCUT2D eigenvalue weighted by atomic mass is 16.5. The van der Waals surface area contributed by atoms with E-state index < -0.39 is 0 Å². The Kier molecular flexibility index (Phi) is 3.50. The van der Waals surface area contributed by atoms with Crippen molar-refractivity contribution in [2.24, 2.45) is 5.73 Å². The zero-order valence-electron chi connectivity index (χ0n) is 9.92. The maximum Gasteiger partial charge on any atom is 0.244 e. The summed E-state index contributed by atoms with van der Waals surface area (Å²) in [7, 11) is 3.89. The summed E-state index contributed by atoms with van der Waals surface area (Å²) in [5, 5.41) is 3.87. The van der Waals surface area contributed by atoms with E-state index in [0.29, 0.717) is 24.7 Å². The fraction of sp³-hybridized carbons (Fsp3) is 0.500. The fourth-order valence-corrected chi connectivity index (χ4v) is 1.49. The number of rotatable bonds is 5. The molecular formula is C10H16N6O. The molecule has 0 bridgehead atoms. The first-order chi connectivity index (χ1) is 8.15. The third-order valence-corrected chi connectivity index (χ3v) is 2.25. The van der Waals surface area contributed by atoms with Crippen LogP contribution in [0.25, 0.3) is 0 Å². The summed E-state index contributed by atoms with van der Waals surface area (Å²) in [5.74, 6) is 1.10. The molecule has 0 aliphatic rings. The van der Waals surface area contributed by atoms with Crippen LogP contribution in [0, 0.1) is 0 Å². The van der Waals surface area contributed by atoms with E-state index in [-0.39, 0.29) is 6.04 Å². The van der Waals surface area contributed by atoms with Crippen molar-refractivity contribution < 1.29 is 4.52 Å². The summed E-state index contributed by atoms with van der Waals surface area (Å²) in [6.45, 7) is 0.639. The van der Waals surface area contributed by atoms with Crippen molar-refractivity contribution in [3.8, 4) is 0 Å². The molecule has 3 N–H and O–H groups in total. The van der Waals surface area contributed by atoms with Gasteiger partial charge in [-0.15, -0.1) is 0 Å². The summed E-state index contributed by atoms with van der Waals surface area (Å²) in [6.07, 6.45) is 3.95. The molecule has 0 fully saturated rings. The predicted octanol–water partition coefficient (Wildman–Crippen LogP) is 0.0968. The molecule has 7 heteroatoms. The number of aromatic amines is 1. The maximum absolute atomic E-state index is 5.97. The van der Waals surface area contributed by atoms with Crippen LogP contribution in [0.4, 0.5) is 0 Å². The lowest BCUT2D eigenvalue weighted by Crippen LogP contribution is -2.15. The van der Waals surface area contributed by atoms with Crippen LogP contribution in [0.1, 0.15) is 23.5 Å². The highest BCUT2D eigenvalue weighted by Crippen LogP contribution is 2.12. The van der Waals surface area contributed by atoms with E-state index >= 15 is 0 Å². The Balaban J connectivity index is 1.99. The minimum absolute atomic E-state index is 0.307. The Morgan fingerprint density at radius 3 is 3.00 bits per heavy atom. The summed E-state index contributed by atoms with van der Waals surface area (Å²) < 4.78 is 5.13. The number of nitrogens with zero attached hydrogens (tertiary/aromatic N) is 4. The third-order valence-electron chi connectivity index (χ3n) is 2.25. The lowest BCUT2D eigenvalue weighted by atomic mass is 10.2. The van der Waals surface area contributed by atoms with Gasteiger partial charge < -0.3 is 20.1 Å². The monoisotopic (exact) mass is 236 g/mol. The molecule has 0 spiro atoms. The minimum Gasteiger partial charge on any atom is -0.348 e. The van der Waals surface area contributed by atoms with Gasteiger partial charge in [-0.2, -0.15) is 4.98 Å². The number of hydrogen-bond donors (Lipinski definition) is 2. The molecule has 2 rings (SSSR count). The van der Waals surface area contributed by atoms with E-state index in [2.05, 4.69) is 20.1 Å². The van der Waals surface area contributed by atoms with Crippen LogP contribution in [0.15, 0.2) is 17.0 Å². The van der Waals surface area contributed by atoms with E-state index in [0.717, 1.165) is 5.69 Å². The Morgan fingerprint density at radius 1 is 1.53 bits per heavy atom. The number of aromatic nitrogens is 4. The number of nitrogens with two attached hydrogens (primary N) is 1. The number of imidazole rings is 1. The Bertz CT molecular complexity index is 449. The molecule has 17 heavy (non-hydrogen) atoms. The van der Waals surface area contributed by atoms with Crippen molar-refractivity contribution in [3.05, 3.63) is 29.9 Å². The molecular weight excluding hydrogens is 220 g/mol. The second kappa shape index (κ2) is 5.07. The van der Waals surface area contributed by atoms with Gasteiger partial charge in [-0.3, -0.25) is 0 Å². The zero-order chi connectivity index (χ0) is 12.3. The molecule has 0 saturated carbocycles. The van der Waals surface area contributed by atoms with Crippen molar-refractivity contribution in [2.45, 2.75) is 19.0 Å². The smallest absolute Gasteiger partial charge is 0.244 e. The van der Waals surface area contributed by atoms with E-state index in [9.17, 15) is 0 Å². The lowest BCUT2D eigenvalue weighted by Gasteiger charge is -2.04. The molecule has 1 atom stereocenters. The fourth-order valence-electron chi connectivity index (χ4n) is 1.49. The third kappa shape index (κ3) is 3.11. The van der Waals surface area contributed by atoms with Gasteiger partial charge in [0.05, 0.1) is 18.9 Å². The first-order valence-corrected chi connectivity index (χ1v) is 5.35. The normalized spacial score (nSPS) is 13.2. The van der Waals surface area contributed by atoms with E-state index in [1.807, 2.05) is 19.0 Å². The van der Waals surface area contributed by atoms with Gasteiger partial charge in [-0.25, -0.2) is 4.98 Å². The molecule has 0 unspecified atom stereocenters. The van der Waals surface area contributed by atoms with Gasteiger partial charge in [0.25, 0.3) is 0 Å². The van der Waals surface area contributed by atoms with Crippen LogP contribution in [-0.4, -0.2) is 39.1 Å². The molecule has 0 saturated heterocycles. The van der Waals surface area contributed by atoms with Gasteiger partial charge in [0.15, 0.2) is 5.82 Å². The molecule has 0 amide bonds. The Labute approximate surface area is 99.0 Å². The molecule has 2 aromatic heterocycles. The molecule has 92 valence electrons. The highest BCUT2D eigenvalue weighted by molar-refractivity contribution is 5.02. The van der Waals surface area contributed by atoms with Gasteiger partial charge in [0.1, 0.15) is 0 Å². The molecule has 7 nitrogen and oxygen atoms in total. The molecule has 0 aliphatic heterocycles. The largest absolute Gasteiger partial charge is 0.348 e. The van der Waals surface area contributed by atoms with Crippen LogP contribution in [0.5, 0.6) is 0 Å². The Morgan fingerprint density at radius 2 is 2.35 bits per heavy atom. The molecule has 2 heterocycles. The first-order valence-electron chi connectivity index (χ1n) is 5.35. The number of hydrogen-bond acceptors (Lipinski definition) is 6. The quantitative estimate of drug-likeness (QED) is 0.764. The highest BCUT2D eigenvalue weighted by Gasteiger charge is 2.16. The van der Waals surface area contributed by atoms with Gasteiger partial charge in [-0.05, 0) is 14.1 Å². The van der Waals surface area contributed by atoms with Crippen LogP contribution < -0.4 is 5.73 Å². The number of H-pyrrole nitrogens is 1. The van der Waals surface area contributed by atoms with Crippen LogP contribution in [-0.2, 0) is 13.0 Å². The molecule has 0 aliphatic carbocycles. The lowest BCUT2D eigenvalue weighted by molar-refractivity contribution is 0.335. The minimum atomic E-state index is -0.307. The SMILES string of the molecule is CN(C)Cc1noc([C@@H](N)Cc2cnc[nH]2)n1. The first kappa shape index (κ1) is 11.7. The predicted molar refractivity (Wildman–Crippen MR) is 60.9 cm³/mol. The van der Waals surface area contributed by atoms with E-state index in [4.69, 9.17) is 10.3 Å². The maximum atomic E-state index is 5.97. The van der Waals surface area contributed by atoms with Crippen molar-refractivity contribution in [3.63, 3.8) is 0 Å². The summed E-state index contributed by atoms with van der Waals surface area (Å²) in [4.78, 5) is 13.1. The molecule has 0 aromatic carbocycles. The second-order valence-electron chi connectivity index (χ2n) is 4.17. The van der Waals surface area contributed by atoms with Crippen molar-refractivity contribution in [1.29, 1.82) is 0 Å². The van der Waals surface area contributed by atoms with Gasteiger partial charge >= 0.3 is 0 Å².